The molecule has 1 aromatic heterocycles. The first-order valence-electron chi connectivity index (χ1n) is 5.20. The van der Waals surface area contributed by atoms with E-state index in [1.807, 2.05) is 23.6 Å². The molecule has 0 fully saturated rings. The largest absolute Gasteiger partial charge is 0.390 e. The second-order valence-corrected chi connectivity index (χ2v) is 4.81. The lowest BCUT2D eigenvalue weighted by Gasteiger charge is -2.17. The van der Waals surface area contributed by atoms with Crippen LogP contribution in [0.1, 0.15) is 18.1 Å². The van der Waals surface area contributed by atoms with Crippen molar-refractivity contribution in [1.82, 2.24) is 0 Å². The van der Waals surface area contributed by atoms with Crippen LogP contribution in [0.15, 0.2) is 29.6 Å². The van der Waals surface area contributed by atoms with Gasteiger partial charge in [0.15, 0.2) is 0 Å². The van der Waals surface area contributed by atoms with Crippen LogP contribution in [0.5, 0.6) is 0 Å². The predicted octanol–water partition coefficient (Wildman–Crippen LogP) is 1.17. The molecule has 4 nitrogen and oxygen atoms in total. The Labute approximate surface area is 102 Å². The quantitative estimate of drug-likeness (QED) is 0.762. The molecule has 1 heterocycles. The van der Waals surface area contributed by atoms with E-state index in [9.17, 15) is 15.0 Å². The molecule has 0 aliphatic heterocycles. The number of benzene rings is 1. The molecule has 4 N–H and O–H groups in total. The molecule has 2 aromatic rings. The maximum atomic E-state index is 10.7. The van der Waals surface area contributed by atoms with Crippen LogP contribution in [0.25, 0.3) is 10.1 Å². The SMILES string of the molecule is NC(=O)CC(O)C(O)c1cccc2sccc12. The van der Waals surface area contributed by atoms with Gasteiger partial charge in [-0.05, 0) is 28.5 Å². The average Bonchev–Trinajstić information content (AvgIpc) is 2.74. The van der Waals surface area contributed by atoms with Crippen molar-refractivity contribution in [3.05, 3.63) is 35.2 Å². The Morgan fingerprint density at radius 3 is 2.82 bits per heavy atom. The number of hydrogen-bond donors (Lipinski definition) is 3. The van der Waals surface area contributed by atoms with Crippen molar-refractivity contribution >= 4 is 27.3 Å². The molecule has 0 aliphatic carbocycles. The van der Waals surface area contributed by atoms with Crippen molar-refractivity contribution in [1.29, 1.82) is 0 Å². The van der Waals surface area contributed by atoms with E-state index in [0.717, 1.165) is 10.1 Å². The monoisotopic (exact) mass is 251 g/mol. The zero-order chi connectivity index (χ0) is 12.4. The molecule has 17 heavy (non-hydrogen) atoms. The number of aliphatic hydroxyl groups is 2. The number of carbonyl (C=O) groups excluding carboxylic acids is 1. The number of thiophene rings is 1. The van der Waals surface area contributed by atoms with Gasteiger partial charge in [0.2, 0.25) is 5.91 Å². The molecule has 2 rings (SSSR count). The second-order valence-electron chi connectivity index (χ2n) is 3.86. The normalized spacial score (nSPS) is 14.7. The van der Waals surface area contributed by atoms with Gasteiger partial charge in [0, 0.05) is 4.70 Å². The molecule has 1 aromatic carbocycles. The van der Waals surface area contributed by atoms with Gasteiger partial charge in [-0.3, -0.25) is 4.79 Å². The van der Waals surface area contributed by atoms with E-state index >= 15 is 0 Å². The van der Waals surface area contributed by atoms with E-state index < -0.39 is 18.1 Å². The first-order chi connectivity index (χ1) is 8.09. The smallest absolute Gasteiger partial charge is 0.220 e. The summed E-state index contributed by atoms with van der Waals surface area (Å²) >= 11 is 1.56. The maximum absolute atomic E-state index is 10.7. The van der Waals surface area contributed by atoms with Crippen LogP contribution >= 0.6 is 11.3 Å². The third-order valence-corrected chi connectivity index (χ3v) is 3.51. The summed E-state index contributed by atoms with van der Waals surface area (Å²) in [5, 5.41) is 22.5. The number of fused-ring (bicyclic) bond motifs is 1. The topological polar surface area (TPSA) is 83.6 Å². The molecule has 90 valence electrons. The highest BCUT2D eigenvalue weighted by molar-refractivity contribution is 7.17. The lowest BCUT2D eigenvalue weighted by molar-refractivity contribution is -0.121. The third kappa shape index (κ3) is 2.46. The number of hydrogen-bond acceptors (Lipinski definition) is 4. The maximum Gasteiger partial charge on any atom is 0.220 e. The number of rotatable bonds is 4. The van der Waals surface area contributed by atoms with Gasteiger partial charge in [-0.15, -0.1) is 11.3 Å². The minimum Gasteiger partial charge on any atom is -0.390 e. The number of nitrogens with two attached hydrogens (primary N) is 1. The molecule has 0 saturated heterocycles. The van der Waals surface area contributed by atoms with Crippen LogP contribution < -0.4 is 5.73 Å². The molecule has 0 bridgehead atoms. The number of aliphatic hydroxyl groups excluding tert-OH is 2. The van der Waals surface area contributed by atoms with E-state index in [-0.39, 0.29) is 6.42 Å². The van der Waals surface area contributed by atoms with Crippen LogP contribution in [0, 0.1) is 0 Å². The Kier molecular flexibility index (Phi) is 3.42. The minimum absolute atomic E-state index is 0.248. The van der Waals surface area contributed by atoms with E-state index in [4.69, 9.17) is 5.73 Å². The third-order valence-electron chi connectivity index (χ3n) is 2.62. The Morgan fingerprint density at radius 1 is 1.35 bits per heavy atom. The van der Waals surface area contributed by atoms with Crippen molar-refractivity contribution in [2.45, 2.75) is 18.6 Å². The minimum atomic E-state index is -1.17. The highest BCUT2D eigenvalue weighted by Gasteiger charge is 2.22. The lowest BCUT2D eigenvalue weighted by Crippen LogP contribution is -2.25. The lowest BCUT2D eigenvalue weighted by atomic mass is 9.99. The highest BCUT2D eigenvalue weighted by atomic mass is 32.1. The second kappa shape index (κ2) is 4.83. The van der Waals surface area contributed by atoms with Crippen molar-refractivity contribution < 1.29 is 15.0 Å². The van der Waals surface area contributed by atoms with Gasteiger partial charge in [0.05, 0.1) is 12.5 Å². The van der Waals surface area contributed by atoms with Gasteiger partial charge in [-0.25, -0.2) is 0 Å². The van der Waals surface area contributed by atoms with Crippen molar-refractivity contribution in [3.8, 4) is 0 Å². The van der Waals surface area contributed by atoms with Crippen molar-refractivity contribution in [3.63, 3.8) is 0 Å². The van der Waals surface area contributed by atoms with Crippen molar-refractivity contribution in [2.24, 2.45) is 5.73 Å². The molecule has 5 heteroatoms. The molecule has 0 aliphatic rings. The Hall–Kier alpha value is -1.43. The highest BCUT2D eigenvalue weighted by Crippen LogP contribution is 2.30. The summed E-state index contributed by atoms with van der Waals surface area (Å²) in [6.07, 6.45) is -2.51. The fraction of sp³-hybridized carbons (Fsp3) is 0.250. The molecular formula is C12H13NO3S. The van der Waals surface area contributed by atoms with E-state index in [1.165, 1.54) is 0 Å². The summed E-state index contributed by atoms with van der Waals surface area (Å²) in [6.45, 7) is 0. The summed E-state index contributed by atoms with van der Waals surface area (Å²) in [6, 6.07) is 7.38. The predicted molar refractivity (Wildman–Crippen MR) is 66.6 cm³/mol. The van der Waals surface area contributed by atoms with Gasteiger partial charge in [0.25, 0.3) is 0 Å². The average molecular weight is 251 g/mol. The Balaban J connectivity index is 2.32. The van der Waals surface area contributed by atoms with E-state index in [2.05, 4.69) is 0 Å². The van der Waals surface area contributed by atoms with Crippen LogP contribution in [0.3, 0.4) is 0 Å². The molecule has 0 spiro atoms. The molecule has 1 amide bonds. The Bertz CT molecular complexity index is 537. The van der Waals surface area contributed by atoms with Crippen LogP contribution in [-0.4, -0.2) is 22.2 Å². The molecule has 2 atom stereocenters. The molecule has 0 radical (unpaired) electrons. The van der Waals surface area contributed by atoms with E-state index in [0.29, 0.717) is 5.56 Å². The fourth-order valence-electron chi connectivity index (χ4n) is 1.80. The summed E-state index contributed by atoms with van der Waals surface area (Å²) in [4.78, 5) is 10.7. The zero-order valence-corrected chi connectivity index (χ0v) is 9.85. The summed E-state index contributed by atoms with van der Waals surface area (Å²) < 4.78 is 1.04. The first-order valence-corrected chi connectivity index (χ1v) is 6.08. The van der Waals surface area contributed by atoms with Gasteiger partial charge in [-0.2, -0.15) is 0 Å². The van der Waals surface area contributed by atoms with Gasteiger partial charge < -0.3 is 15.9 Å². The number of primary amides is 1. The van der Waals surface area contributed by atoms with Gasteiger partial charge in [-0.1, -0.05) is 12.1 Å². The molecule has 0 saturated carbocycles. The first kappa shape index (κ1) is 12.0. The standard InChI is InChI=1S/C12H13NO3S/c13-11(15)6-9(14)12(16)8-2-1-3-10-7(8)4-5-17-10/h1-5,9,12,14,16H,6H2,(H2,13,15). The van der Waals surface area contributed by atoms with Crippen molar-refractivity contribution in [2.75, 3.05) is 0 Å². The Morgan fingerprint density at radius 2 is 2.12 bits per heavy atom. The van der Waals surface area contributed by atoms with Gasteiger partial charge in [0.1, 0.15) is 6.10 Å². The summed E-state index contributed by atoms with van der Waals surface area (Å²) in [7, 11) is 0. The number of amides is 1. The van der Waals surface area contributed by atoms with Crippen LogP contribution in [-0.2, 0) is 4.79 Å². The van der Waals surface area contributed by atoms with Gasteiger partial charge >= 0.3 is 0 Å². The molecular weight excluding hydrogens is 238 g/mol. The summed E-state index contributed by atoms with van der Waals surface area (Å²) in [5.41, 5.74) is 5.62. The van der Waals surface area contributed by atoms with Crippen LogP contribution in [0.4, 0.5) is 0 Å². The molecule has 2 unspecified atom stereocenters. The van der Waals surface area contributed by atoms with E-state index in [1.54, 1.807) is 17.4 Å². The number of carbonyl (C=O) groups is 1. The van der Waals surface area contributed by atoms with Crippen LogP contribution in [0.2, 0.25) is 0 Å². The summed E-state index contributed by atoms with van der Waals surface area (Å²) in [5.74, 6) is -0.631. The zero-order valence-electron chi connectivity index (χ0n) is 9.04. The fourth-order valence-corrected chi connectivity index (χ4v) is 2.62.